The molecule has 0 atom stereocenters. The van der Waals surface area contributed by atoms with Gasteiger partial charge in [0.1, 0.15) is 12.5 Å². The molecule has 0 bridgehead atoms. The van der Waals surface area contributed by atoms with Gasteiger partial charge in [-0.3, -0.25) is 18.4 Å². The number of oxazole rings is 1. The Balaban J connectivity index is 1.31. The zero-order chi connectivity index (χ0) is 33.3. The zero-order valence-corrected chi connectivity index (χ0v) is 28.1. The minimum atomic E-state index is -4.08. The van der Waals surface area contributed by atoms with Gasteiger partial charge in [-0.2, -0.15) is 4.98 Å². The van der Waals surface area contributed by atoms with Gasteiger partial charge in [0.05, 0.1) is 16.7 Å². The molecule has 1 aliphatic carbocycles. The van der Waals surface area contributed by atoms with E-state index in [1.807, 2.05) is 6.92 Å². The lowest BCUT2D eigenvalue weighted by Crippen LogP contribution is -2.39. The van der Waals surface area contributed by atoms with E-state index in [1.165, 1.54) is 4.57 Å². The molecule has 0 radical (unpaired) electrons. The topological polar surface area (TPSA) is 159 Å². The third-order valence-electron chi connectivity index (χ3n) is 6.86. The molecule has 0 spiro atoms. The van der Waals surface area contributed by atoms with E-state index in [4.69, 9.17) is 18.0 Å². The van der Waals surface area contributed by atoms with Crippen molar-refractivity contribution in [3.8, 4) is 0 Å². The lowest BCUT2D eigenvalue weighted by molar-refractivity contribution is -0.00633. The molecular formula is C32H41N6O7P. The zero-order valence-electron chi connectivity index (χ0n) is 27.2. The Kier molecular flexibility index (Phi) is 9.42. The predicted octanol–water partition coefficient (Wildman–Crippen LogP) is 7.17. The number of hydrogen-bond acceptors (Lipinski definition) is 11. The average Bonchev–Trinajstić information content (AvgIpc) is 3.23. The number of nitrogens with zero attached hydrogens (tertiary/aromatic N) is 3. The molecule has 0 saturated heterocycles. The van der Waals surface area contributed by atoms with Crippen molar-refractivity contribution in [3.05, 3.63) is 70.3 Å². The fraction of sp³-hybridized carbons (Fsp3) is 0.438. The van der Waals surface area contributed by atoms with Crippen LogP contribution in [0.4, 0.5) is 23.1 Å². The monoisotopic (exact) mass is 652 g/mol. The van der Waals surface area contributed by atoms with Gasteiger partial charge in [0.15, 0.2) is 5.58 Å². The summed E-state index contributed by atoms with van der Waals surface area (Å²) >= 11 is 0. The van der Waals surface area contributed by atoms with Gasteiger partial charge in [0.2, 0.25) is 5.95 Å². The van der Waals surface area contributed by atoms with Crippen LogP contribution in [0.3, 0.4) is 0 Å². The van der Waals surface area contributed by atoms with Crippen molar-refractivity contribution in [1.82, 2.24) is 19.9 Å². The van der Waals surface area contributed by atoms with Crippen molar-refractivity contribution < 1.29 is 27.3 Å². The summed E-state index contributed by atoms with van der Waals surface area (Å²) in [5.41, 5.74) is 1.75. The van der Waals surface area contributed by atoms with Crippen LogP contribution in [-0.4, -0.2) is 37.7 Å². The molecule has 1 fully saturated rings. The van der Waals surface area contributed by atoms with Gasteiger partial charge < -0.3 is 20.4 Å². The normalized spacial score (nSPS) is 14.2. The number of phosphoric ester groups is 1. The highest BCUT2D eigenvalue weighted by molar-refractivity contribution is 7.48. The van der Waals surface area contributed by atoms with E-state index in [0.29, 0.717) is 34.1 Å². The average molecular weight is 653 g/mol. The van der Waals surface area contributed by atoms with Crippen LogP contribution in [0.25, 0.3) is 11.1 Å². The Morgan fingerprint density at radius 2 is 1.65 bits per heavy atom. The van der Waals surface area contributed by atoms with E-state index in [1.54, 1.807) is 90.2 Å². The highest BCUT2D eigenvalue weighted by atomic mass is 31.2. The largest absolute Gasteiger partial charge is 0.477 e. The Hall–Kier alpha value is -4.03. The van der Waals surface area contributed by atoms with Crippen LogP contribution in [-0.2, 0) is 24.9 Å². The third kappa shape index (κ3) is 8.61. The van der Waals surface area contributed by atoms with Crippen molar-refractivity contribution in [2.24, 2.45) is 0 Å². The molecule has 0 unspecified atom stereocenters. The third-order valence-corrected chi connectivity index (χ3v) is 8.84. The van der Waals surface area contributed by atoms with E-state index in [-0.39, 0.29) is 11.9 Å². The maximum atomic E-state index is 13.5. The molecule has 1 saturated carbocycles. The van der Waals surface area contributed by atoms with Crippen molar-refractivity contribution in [2.75, 3.05) is 10.6 Å². The highest BCUT2D eigenvalue weighted by Gasteiger charge is 2.37. The number of hydrogen-bond donors (Lipinski definition) is 3. The van der Waals surface area contributed by atoms with Gasteiger partial charge in [-0.05, 0) is 110 Å². The number of nitrogens with one attached hydrogen (secondary N) is 3. The maximum absolute atomic E-state index is 13.5. The van der Waals surface area contributed by atoms with Crippen LogP contribution in [0, 0.1) is 6.92 Å². The number of phosphoric acid groups is 1. The van der Waals surface area contributed by atoms with Gasteiger partial charge in [-0.1, -0.05) is 0 Å². The van der Waals surface area contributed by atoms with Crippen molar-refractivity contribution in [1.29, 1.82) is 0 Å². The van der Waals surface area contributed by atoms with Gasteiger partial charge in [-0.15, -0.1) is 0 Å². The fourth-order valence-corrected chi connectivity index (χ4v) is 6.29. The van der Waals surface area contributed by atoms with E-state index >= 15 is 0 Å². The molecule has 246 valence electrons. The van der Waals surface area contributed by atoms with Gasteiger partial charge >= 0.3 is 13.6 Å². The molecule has 46 heavy (non-hydrogen) atoms. The standard InChI is InChI=1S/C32H41N6O7P/c1-20-18-33-29(36-23-13-11-21(12-14-23)28(39)35-22-9-8-10-22)37-27(20)34-24-15-16-26-25(17-24)38(30(40)43-26)19-42-46(41,44-31(2,3)4)45-32(5,6)7/h11-18,22H,8-10,19H2,1-7H3,(H,35,39)(H2,33,34,36,37). The SMILES string of the molecule is Cc1cnc(Nc2ccc(C(=O)NC3CCC3)cc2)nc1Nc1ccc2oc(=O)n(COP(=O)(OC(C)(C)C)OC(C)(C)C)c2c1. The predicted molar refractivity (Wildman–Crippen MR) is 176 cm³/mol. The van der Waals surface area contributed by atoms with Crippen LogP contribution in [0.5, 0.6) is 0 Å². The first kappa shape index (κ1) is 33.3. The highest BCUT2D eigenvalue weighted by Crippen LogP contribution is 2.55. The summed E-state index contributed by atoms with van der Waals surface area (Å²) in [6, 6.07) is 12.5. The number of carbonyl (C=O) groups is 1. The number of benzene rings is 2. The molecule has 2 aromatic heterocycles. The molecule has 4 aromatic rings. The first-order chi connectivity index (χ1) is 21.6. The molecule has 2 aromatic carbocycles. The van der Waals surface area contributed by atoms with E-state index in [9.17, 15) is 14.2 Å². The van der Waals surface area contributed by atoms with Gasteiger partial charge in [0, 0.05) is 34.7 Å². The van der Waals surface area contributed by atoms with Crippen LogP contribution in [0.15, 0.2) is 57.9 Å². The summed E-state index contributed by atoms with van der Waals surface area (Å²) in [5, 5.41) is 9.48. The second-order valence-corrected chi connectivity index (χ2v) is 14.8. The Morgan fingerprint density at radius 3 is 2.26 bits per heavy atom. The van der Waals surface area contributed by atoms with E-state index in [0.717, 1.165) is 30.5 Å². The van der Waals surface area contributed by atoms with Crippen LogP contribution >= 0.6 is 7.82 Å². The number of rotatable bonds is 11. The molecule has 0 aliphatic heterocycles. The minimum Gasteiger partial charge on any atom is -0.408 e. The maximum Gasteiger partial charge on any atom is 0.477 e. The van der Waals surface area contributed by atoms with Crippen LogP contribution < -0.4 is 21.7 Å². The summed E-state index contributed by atoms with van der Waals surface area (Å²) in [7, 11) is -4.08. The Bertz CT molecular complexity index is 1800. The summed E-state index contributed by atoms with van der Waals surface area (Å²) in [4.78, 5) is 34.2. The molecule has 13 nitrogen and oxygen atoms in total. The summed E-state index contributed by atoms with van der Waals surface area (Å²) in [6.45, 7) is 11.8. The molecule has 3 N–H and O–H groups in total. The first-order valence-electron chi connectivity index (χ1n) is 15.1. The minimum absolute atomic E-state index is 0.0774. The van der Waals surface area contributed by atoms with Crippen LogP contribution in [0.2, 0.25) is 0 Å². The van der Waals surface area contributed by atoms with Crippen molar-refractivity contribution in [3.63, 3.8) is 0 Å². The number of aryl methyl sites for hydroxylation is 1. The number of aromatic nitrogens is 3. The first-order valence-corrected chi connectivity index (χ1v) is 16.6. The smallest absolute Gasteiger partial charge is 0.408 e. The number of anilines is 4. The second kappa shape index (κ2) is 13.0. The number of amides is 1. The molecule has 1 aliphatic rings. The fourth-order valence-electron chi connectivity index (χ4n) is 4.55. The van der Waals surface area contributed by atoms with Crippen molar-refractivity contribution in [2.45, 2.75) is 91.7 Å². The second-order valence-electron chi connectivity index (χ2n) is 13.2. The van der Waals surface area contributed by atoms with Crippen LogP contribution in [0.1, 0.15) is 76.7 Å². The van der Waals surface area contributed by atoms with Crippen molar-refractivity contribution >= 4 is 48.0 Å². The van der Waals surface area contributed by atoms with Gasteiger partial charge in [-0.25, -0.2) is 18.9 Å². The summed E-state index contributed by atoms with van der Waals surface area (Å²) in [5.74, 6) is 0.111. The molecule has 14 heteroatoms. The van der Waals surface area contributed by atoms with E-state index in [2.05, 4.69) is 25.9 Å². The van der Waals surface area contributed by atoms with E-state index < -0.39 is 31.5 Å². The lowest BCUT2D eigenvalue weighted by Gasteiger charge is -2.30. The summed E-state index contributed by atoms with van der Waals surface area (Å²) < 4.78 is 37.1. The lowest BCUT2D eigenvalue weighted by atomic mass is 9.93. The molecular weight excluding hydrogens is 611 g/mol. The summed E-state index contributed by atoms with van der Waals surface area (Å²) in [6.07, 6.45) is 4.89. The number of fused-ring (bicyclic) bond motifs is 1. The quantitative estimate of drug-likeness (QED) is 0.141. The molecule has 2 heterocycles. The Morgan fingerprint density at radius 1 is 1.00 bits per heavy atom. The molecule has 1 amide bonds. The molecule has 5 rings (SSSR count). The van der Waals surface area contributed by atoms with Gasteiger partial charge in [0.25, 0.3) is 5.91 Å². The Labute approximate surface area is 267 Å². The number of carbonyl (C=O) groups excluding carboxylic acids is 1.